The zero-order valence-electron chi connectivity index (χ0n) is 9.80. The molecule has 0 unspecified atom stereocenters. The standard InChI is InChI=1S/C12H14BrN3O2/c13-10-3-1-9(2-4-10)7-11-15-12(18-16-11)8-17-6-5-14/h1-4H,5-8,14H2. The minimum atomic E-state index is 0.310. The molecule has 0 saturated heterocycles. The zero-order valence-corrected chi connectivity index (χ0v) is 11.4. The highest BCUT2D eigenvalue weighted by Gasteiger charge is 2.07. The second kappa shape index (κ2) is 6.63. The van der Waals surface area contributed by atoms with E-state index in [9.17, 15) is 0 Å². The van der Waals surface area contributed by atoms with E-state index in [1.54, 1.807) is 0 Å². The first-order valence-electron chi connectivity index (χ1n) is 5.61. The van der Waals surface area contributed by atoms with E-state index in [2.05, 4.69) is 26.1 Å². The molecule has 0 fully saturated rings. The van der Waals surface area contributed by atoms with Crippen molar-refractivity contribution in [1.82, 2.24) is 10.1 Å². The Kier molecular flexibility index (Phi) is 4.86. The Bertz CT molecular complexity index is 484. The van der Waals surface area contributed by atoms with Crippen molar-refractivity contribution in [2.45, 2.75) is 13.0 Å². The lowest BCUT2D eigenvalue weighted by atomic mass is 10.1. The van der Waals surface area contributed by atoms with E-state index in [0.717, 1.165) is 10.0 Å². The summed E-state index contributed by atoms with van der Waals surface area (Å²) >= 11 is 3.39. The van der Waals surface area contributed by atoms with Crippen LogP contribution in [-0.4, -0.2) is 23.3 Å². The van der Waals surface area contributed by atoms with Crippen LogP contribution in [0.1, 0.15) is 17.3 Å². The van der Waals surface area contributed by atoms with Gasteiger partial charge < -0.3 is 15.0 Å². The predicted molar refractivity (Wildman–Crippen MR) is 70.0 cm³/mol. The first-order valence-corrected chi connectivity index (χ1v) is 6.41. The summed E-state index contributed by atoms with van der Waals surface area (Å²) in [6.45, 7) is 1.29. The summed E-state index contributed by atoms with van der Waals surface area (Å²) in [5.74, 6) is 1.14. The Morgan fingerprint density at radius 3 is 2.78 bits per heavy atom. The fourth-order valence-corrected chi connectivity index (χ4v) is 1.71. The topological polar surface area (TPSA) is 74.2 Å². The number of nitrogens with two attached hydrogens (primary N) is 1. The van der Waals surface area contributed by atoms with E-state index in [-0.39, 0.29) is 0 Å². The molecule has 5 nitrogen and oxygen atoms in total. The van der Waals surface area contributed by atoms with Gasteiger partial charge >= 0.3 is 0 Å². The maximum Gasteiger partial charge on any atom is 0.252 e. The Balaban J connectivity index is 1.91. The molecule has 1 heterocycles. The highest BCUT2D eigenvalue weighted by molar-refractivity contribution is 9.10. The van der Waals surface area contributed by atoms with Gasteiger partial charge in [0.1, 0.15) is 6.61 Å². The maximum atomic E-state index is 5.32. The summed E-state index contributed by atoms with van der Waals surface area (Å²) in [4.78, 5) is 4.24. The highest BCUT2D eigenvalue weighted by atomic mass is 79.9. The van der Waals surface area contributed by atoms with Crippen LogP contribution in [0.5, 0.6) is 0 Å². The lowest BCUT2D eigenvalue weighted by Gasteiger charge is -1.97. The van der Waals surface area contributed by atoms with Crippen LogP contribution >= 0.6 is 15.9 Å². The van der Waals surface area contributed by atoms with E-state index in [0.29, 0.717) is 37.9 Å². The van der Waals surface area contributed by atoms with Gasteiger partial charge in [-0.05, 0) is 17.7 Å². The fraction of sp³-hybridized carbons (Fsp3) is 0.333. The zero-order chi connectivity index (χ0) is 12.8. The van der Waals surface area contributed by atoms with Crippen LogP contribution in [0.25, 0.3) is 0 Å². The van der Waals surface area contributed by atoms with Crippen molar-refractivity contribution in [3.63, 3.8) is 0 Å². The third-order valence-electron chi connectivity index (χ3n) is 2.27. The molecule has 6 heteroatoms. The Morgan fingerprint density at radius 2 is 2.06 bits per heavy atom. The molecular formula is C12H14BrN3O2. The lowest BCUT2D eigenvalue weighted by molar-refractivity contribution is 0.104. The molecule has 0 atom stereocenters. The smallest absolute Gasteiger partial charge is 0.252 e. The van der Waals surface area contributed by atoms with Gasteiger partial charge in [0.25, 0.3) is 5.89 Å². The van der Waals surface area contributed by atoms with Gasteiger partial charge in [-0.3, -0.25) is 0 Å². The number of aromatic nitrogens is 2. The van der Waals surface area contributed by atoms with Gasteiger partial charge in [-0.15, -0.1) is 0 Å². The molecule has 0 amide bonds. The fourth-order valence-electron chi connectivity index (χ4n) is 1.45. The molecule has 0 aliphatic carbocycles. The summed E-state index contributed by atoms with van der Waals surface area (Å²) in [7, 11) is 0. The summed E-state index contributed by atoms with van der Waals surface area (Å²) in [5, 5.41) is 3.90. The van der Waals surface area contributed by atoms with Gasteiger partial charge in [-0.2, -0.15) is 4.98 Å². The van der Waals surface area contributed by atoms with Gasteiger partial charge in [0, 0.05) is 17.4 Å². The van der Waals surface area contributed by atoms with E-state index in [1.165, 1.54) is 0 Å². The highest BCUT2D eigenvalue weighted by Crippen LogP contribution is 2.13. The van der Waals surface area contributed by atoms with Crippen LogP contribution in [0, 0.1) is 0 Å². The second-order valence-electron chi connectivity index (χ2n) is 3.75. The van der Waals surface area contributed by atoms with Crippen molar-refractivity contribution in [2.75, 3.05) is 13.2 Å². The molecule has 2 rings (SSSR count). The van der Waals surface area contributed by atoms with Gasteiger partial charge in [-0.1, -0.05) is 33.2 Å². The van der Waals surface area contributed by atoms with E-state index in [4.69, 9.17) is 15.0 Å². The molecule has 1 aromatic carbocycles. The molecule has 0 spiro atoms. The van der Waals surface area contributed by atoms with Crippen LogP contribution in [0.2, 0.25) is 0 Å². The third-order valence-corrected chi connectivity index (χ3v) is 2.80. The van der Waals surface area contributed by atoms with Crippen molar-refractivity contribution < 1.29 is 9.26 Å². The summed E-state index contributed by atoms with van der Waals surface area (Å²) in [6, 6.07) is 8.01. The SMILES string of the molecule is NCCOCc1nc(Cc2ccc(Br)cc2)no1. The third kappa shape index (κ3) is 3.90. The summed E-state index contributed by atoms with van der Waals surface area (Å²) < 4.78 is 11.3. The second-order valence-corrected chi connectivity index (χ2v) is 4.66. The van der Waals surface area contributed by atoms with Crippen LogP contribution in [0.3, 0.4) is 0 Å². The van der Waals surface area contributed by atoms with Gasteiger partial charge in [0.05, 0.1) is 6.61 Å². The molecule has 0 aliphatic heterocycles. The van der Waals surface area contributed by atoms with Crippen molar-refractivity contribution in [1.29, 1.82) is 0 Å². The average Bonchev–Trinajstić information content (AvgIpc) is 2.80. The first-order chi connectivity index (χ1) is 8.78. The Hall–Kier alpha value is -1.24. The van der Waals surface area contributed by atoms with Crippen LogP contribution in [-0.2, 0) is 17.8 Å². The Labute approximate surface area is 113 Å². The average molecular weight is 312 g/mol. The molecule has 2 N–H and O–H groups in total. The molecule has 1 aromatic heterocycles. The Morgan fingerprint density at radius 1 is 1.28 bits per heavy atom. The predicted octanol–water partition coefficient (Wildman–Crippen LogP) is 1.90. The molecule has 2 aromatic rings. The van der Waals surface area contributed by atoms with E-state index in [1.807, 2.05) is 24.3 Å². The van der Waals surface area contributed by atoms with E-state index < -0.39 is 0 Å². The van der Waals surface area contributed by atoms with Gasteiger partial charge in [-0.25, -0.2) is 0 Å². The van der Waals surface area contributed by atoms with Crippen LogP contribution in [0.4, 0.5) is 0 Å². The molecule has 0 saturated carbocycles. The normalized spacial score (nSPS) is 10.8. The minimum Gasteiger partial charge on any atom is -0.370 e. The lowest BCUT2D eigenvalue weighted by Crippen LogP contribution is -2.08. The van der Waals surface area contributed by atoms with Crippen molar-refractivity contribution in [2.24, 2.45) is 5.73 Å². The molecule has 0 radical (unpaired) electrons. The molecule has 0 bridgehead atoms. The number of ether oxygens (including phenoxy) is 1. The number of nitrogens with zero attached hydrogens (tertiary/aromatic N) is 2. The van der Waals surface area contributed by atoms with E-state index >= 15 is 0 Å². The van der Waals surface area contributed by atoms with Crippen molar-refractivity contribution >= 4 is 15.9 Å². The summed E-state index contributed by atoms with van der Waals surface area (Å²) in [5.41, 5.74) is 6.45. The first kappa shape index (κ1) is 13.2. The van der Waals surface area contributed by atoms with Crippen LogP contribution in [0.15, 0.2) is 33.3 Å². The number of hydrogen-bond donors (Lipinski definition) is 1. The molecular weight excluding hydrogens is 298 g/mol. The quantitative estimate of drug-likeness (QED) is 0.825. The number of benzene rings is 1. The maximum absolute atomic E-state index is 5.32. The molecule has 0 aliphatic rings. The number of hydrogen-bond acceptors (Lipinski definition) is 5. The van der Waals surface area contributed by atoms with Crippen LogP contribution < -0.4 is 5.73 Å². The number of rotatable bonds is 6. The largest absolute Gasteiger partial charge is 0.370 e. The minimum absolute atomic E-state index is 0.310. The number of halogens is 1. The molecule has 18 heavy (non-hydrogen) atoms. The van der Waals surface area contributed by atoms with Gasteiger partial charge in [0.2, 0.25) is 0 Å². The molecule has 96 valence electrons. The van der Waals surface area contributed by atoms with Gasteiger partial charge in [0.15, 0.2) is 5.82 Å². The monoisotopic (exact) mass is 311 g/mol. The van der Waals surface area contributed by atoms with Crippen molar-refractivity contribution in [3.05, 3.63) is 46.0 Å². The summed E-state index contributed by atoms with van der Waals surface area (Å²) in [6.07, 6.45) is 0.646. The van der Waals surface area contributed by atoms with Crippen molar-refractivity contribution in [3.8, 4) is 0 Å².